The summed E-state index contributed by atoms with van der Waals surface area (Å²) in [5, 5.41) is 10.7. The number of hydrogen-bond donors (Lipinski definition) is 0. The minimum absolute atomic E-state index is 0.436. The topological polar surface area (TPSA) is 56.5 Å². The normalized spacial score (nSPS) is 10.8. The summed E-state index contributed by atoms with van der Waals surface area (Å²) in [6.45, 7) is 1.90. The average molecular weight is 288 g/mol. The van der Waals surface area contributed by atoms with Gasteiger partial charge in [-0.2, -0.15) is 0 Å². The lowest BCUT2D eigenvalue weighted by Crippen LogP contribution is -1.95. The molecule has 0 unspecified atom stereocenters. The van der Waals surface area contributed by atoms with Crippen LogP contribution in [0, 0.1) is 6.92 Å². The fourth-order valence-corrected chi connectivity index (χ4v) is 2.67. The number of hydrogen-bond acceptors (Lipinski definition) is 6. The largest absolute Gasteiger partial charge is 0.309 e. The SMILES string of the molecule is CSc1nc(Cl)cc(Sc2nnc(C)n2C)n1. The quantitative estimate of drug-likeness (QED) is 0.491. The molecule has 2 aromatic rings. The second-order valence-electron chi connectivity index (χ2n) is 3.21. The molecule has 0 aromatic carbocycles. The van der Waals surface area contributed by atoms with Crippen molar-refractivity contribution in [1.29, 1.82) is 0 Å². The first kappa shape index (κ1) is 12.7. The Hall–Kier alpha value is -0.790. The molecule has 2 aromatic heterocycles. The molecule has 8 heteroatoms. The summed E-state index contributed by atoms with van der Waals surface area (Å²) >= 11 is 8.79. The van der Waals surface area contributed by atoms with Crippen molar-refractivity contribution < 1.29 is 0 Å². The minimum Gasteiger partial charge on any atom is -0.309 e. The summed E-state index contributed by atoms with van der Waals surface area (Å²) < 4.78 is 1.90. The van der Waals surface area contributed by atoms with Crippen molar-refractivity contribution in [3.8, 4) is 0 Å². The highest BCUT2D eigenvalue weighted by Crippen LogP contribution is 2.27. The van der Waals surface area contributed by atoms with E-state index in [1.807, 2.05) is 24.8 Å². The predicted octanol–water partition coefficient (Wildman–Crippen LogP) is 2.44. The minimum atomic E-state index is 0.436. The van der Waals surface area contributed by atoms with E-state index in [-0.39, 0.29) is 0 Å². The van der Waals surface area contributed by atoms with Crippen LogP contribution in [0.2, 0.25) is 5.15 Å². The molecular weight excluding hydrogens is 278 g/mol. The Morgan fingerprint density at radius 2 is 2.06 bits per heavy atom. The molecule has 2 rings (SSSR count). The molecule has 0 saturated carbocycles. The molecule has 0 radical (unpaired) electrons. The fourth-order valence-electron chi connectivity index (χ4n) is 1.09. The molecule has 90 valence electrons. The van der Waals surface area contributed by atoms with Gasteiger partial charge in [0, 0.05) is 13.1 Å². The molecule has 2 heterocycles. The highest BCUT2D eigenvalue weighted by Gasteiger charge is 2.10. The Bertz CT molecular complexity index is 542. The zero-order chi connectivity index (χ0) is 12.4. The van der Waals surface area contributed by atoms with Crippen LogP contribution in [0.3, 0.4) is 0 Å². The van der Waals surface area contributed by atoms with Crippen molar-refractivity contribution >= 4 is 35.1 Å². The first-order chi connectivity index (χ1) is 8.10. The molecule has 17 heavy (non-hydrogen) atoms. The summed E-state index contributed by atoms with van der Waals surface area (Å²) in [4.78, 5) is 8.43. The van der Waals surface area contributed by atoms with E-state index in [1.54, 1.807) is 6.07 Å². The van der Waals surface area contributed by atoms with Crippen LogP contribution < -0.4 is 0 Å². The lowest BCUT2D eigenvalue weighted by Gasteiger charge is -2.02. The molecule has 5 nitrogen and oxygen atoms in total. The lowest BCUT2D eigenvalue weighted by atomic mass is 10.7. The number of aryl methyl sites for hydroxylation is 1. The van der Waals surface area contributed by atoms with E-state index in [9.17, 15) is 0 Å². The van der Waals surface area contributed by atoms with Gasteiger partial charge in [0.25, 0.3) is 0 Å². The van der Waals surface area contributed by atoms with Crippen molar-refractivity contribution in [2.45, 2.75) is 22.3 Å². The summed E-state index contributed by atoms with van der Waals surface area (Å²) in [7, 11) is 1.91. The maximum atomic E-state index is 5.92. The van der Waals surface area contributed by atoms with Crippen LogP contribution in [0.5, 0.6) is 0 Å². The Balaban J connectivity index is 2.29. The predicted molar refractivity (Wildman–Crippen MR) is 68.7 cm³/mol. The van der Waals surface area contributed by atoms with E-state index >= 15 is 0 Å². The fraction of sp³-hybridized carbons (Fsp3) is 0.333. The van der Waals surface area contributed by atoms with Gasteiger partial charge < -0.3 is 4.57 Å². The monoisotopic (exact) mass is 287 g/mol. The first-order valence-corrected chi connectivity index (χ1v) is 7.14. The van der Waals surface area contributed by atoms with Gasteiger partial charge in [-0.1, -0.05) is 23.4 Å². The molecule has 0 saturated heterocycles. The number of thioether (sulfide) groups is 1. The zero-order valence-electron chi connectivity index (χ0n) is 9.51. The summed E-state index contributed by atoms with van der Waals surface area (Å²) in [6.07, 6.45) is 1.91. The Labute approximate surface area is 112 Å². The molecule has 0 aliphatic carbocycles. The van der Waals surface area contributed by atoms with Crippen molar-refractivity contribution in [3.05, 3.63) is 17.0 Å². The number of halogens is 1. The molecule has 0 atom stereocenters. The van der Waals surface area contributed by atoms with Crippen LogP contribution in [-0.2, 0) is 7.05 Å². The molecule has 0 N–H and O–H groups in total. The van der Waals surface area contributed by atoms with Crippen LogP contribution >= 0.6 is 35.1 Å². The smallest absolute Gasteiger partial charge is 0.197 e. The number of aromatic nitrogens is 5. The molecule has 0 spiro atoms. The molecule has 0 aliphatic rings. The maximum Gasteiger partial charge on any atom is 0.197 e. The van der Waals surface area contributed by atoms with Crippen LogP contribution in [-0.4, -0.2) is 31.0 Å². The molecule has 0 amide bonds. The standard InChI is InChI=1S/C9H10ClN5S2/c1-5-13-14-9(15(5)2)17-7-4-6(10)11-8(12-7)16-3/h4H,1-3H3. The van der Waals surface area contributed by atoms with Crippen LogP contribution in [0.25, 0.3) is 0 Å². The van der Waals surface area contributed by atoms with Crippen LogP contribution in [0.1, 0.15) is 5.82 Å². The maximum absolute atomic E-state index is 5.92. The van der Waals surface area contributed by atoms with Gasteiger partial charge in [-0.3, -0.25) is 0 Å². The second kappa shape index (κ2) is 5.24. The van der Waals surface area contributed by atoms with Crippen molar-refractivity contribution in [2.24, 2.45) is 7.05 Å². The van der Waals surface area contributed by atoms with Gasteiger partial charge in [0.2, 0.25) is 0 Å². The number of nitrogens with zero attached hydrogens (tertiary/aromatic N) is 5. The van der Waals surface area contributed by atoms with E-state index in [4.69, 9.17) is 11.6 Å². The van der Waals surface area contributed by atoms with Gasteiger partial charge in [-0.05, 0) is 24.9 Å². The van der Waals surface area contributed by atoms with Gasteiger partial charge in [0.05, 0.1) is 0 Å². The molecule has 0 aliphatic heterocycles. The van der Waals surface area contributed by atoms with Gasteiger partial charge in [-0.15, -0.1) is 10.2 Å². The summed E-state index contributed by atoms with van der Waals surface area (Å²) in [5.41, 5.74) is 0. The zero-order valence-corrected chi connectivity index (χ0v) is 11.9. The third kappa shape index (κ3) is 2.91. The molecule has 0 bridgehead atoms. The third-order valence-corrected chi connectivity index (χ3v) is 3.78. The summed E-state index contributed by atoms with van der Waals surface area (Å²) in [5.74, 6) is 0.859. The van der Waals surface area contributed by atoms with Crippen LogP contribution in [0.15, 0.2) is 21.4 Å². The van der Waals surface area contributed by atoms with Gasteiger partial charge >= 0.3 is 0 Å². The van der Waals surface area contributed by atoms with Crippen molar-refractivity contribution in [2.75, 3.05) is 6.26 Å². The molecular formula is C9H10ClN5S2. The van der Waals surface area contributed by atoms with Crippen molar-refractivity contribution in [1.82, 2.24) is 24.7 Å². The summed E-state index contributed by atoms with van der Waals surface area (Å²) in [6, 6.07) is 1.72. The Morgan fingerprint density at radius 1 is 1.29 bits per heavy atom. The Kier molecular flexibility index (Phi) is 3.90. The molecule has 0 fully saturated rings. The number of rotatable bonds is 3. The first-order valence-electron chi connectivity index (χ1n) is 4.72. The lowest BCUT2D eigenvalue weighted by molar-refractivity contribution is 0.762. The van der Waals surface area contributed by atoms with Gasteiger partial charge in [-0.25, -0.2) is 9.97 Å². The van der Waals surface area contributed by atoms with Gasteiger partial charge in [0.1, 0.15) is 16.0 Å². The van der Waals surface area contributed by atoms with E-state index < -0.39 is 0 Å². The van der Waals surface area contributed by atoms with E-state index in [2.05, 4.69) is 20.2 Å². The second-order valence-corrected chi connectivity index (χ2v) is 5.35. The van der Waals surface area contributed by atoms with Gasteiger partial charge in [0.15, 0.2) is 10.3 Å². The van der Waals surface area contributed by atoms with Crippen LogP contribution in [0.4, 0.5) is 0 Å². The van der Waals surface area contributed by atoms with E-state index in [0.717, 1.165) is 16.0 Å². The average Bonchev–Trinajstić information content (AvgIpc) is 2.60. The Morgan fingerprint density at radius 3 is 2.65 bits per heavy atom. The van der Waals surface area contributed by atoms with E-state index in [0.29, 0.717) is 10.3 Å². The third-order valence-electron chi connectivity index (χ3n) is 2.08. The van der Waals surface area contributed by atoms with Crippen molar-refractivity contribution in [3.63, 3.8) is 0 Å². The van der Waals surface area contributed by atoms with E-state index in [1.165, 1.54) is 23.5 Å². The highest BCUT2D eigenvalue weighted by atomic mass is 35.5. The highest BCUT2D eigenvalue weighted by molar-refractivity contribution is 7.99.